The fraction of sp³-hybridized carbons (Fsp3) is 0.0476. The third-order valence-corrected chi connectivity index (χ3v) is 5.37. The molecule has 8 heteroatoms. The molecular weight excluding hydrogens is 504 g/mol. The van der Waals surface area contributed by atoms with Gasteiger partial charge in [0.25, 0.3) is 5.91 Å². The van der Waals surface area contributed by atoms with Crippen molar-refractivity contribution >= 4 is 54.6 Å². The van der Waals surface area contributed by atoms with Crippen molar-refractivity contribution in [3.63, 3.8) is 0 Å². The van der Waals surface area contributed by atoms with E-state index in [1.54, 1.807) is 54.6 Å². The highest BCUT2D eigenvalue weighted by molar-refractivity contribution is 9.10. The summed E-state index contributed by atoms with van der Waals surface area (Å²) in [5, 5.41) is 12.5. The van der Waals surface area contributed by atoms with Crippen molar-refractivity contribution in [2.45, 2.75) is 0 Å². The molecule has 4 rings (SSSR count). The van der Waals surface area contributed by atoms with Gasteiger partial charge < -0.3 is 19.6 Å². The van der Waals surface area contributed by atoms with Crippen molar-refractivity contribution in [2.24, 2.45) is 0 Å². The Morgan fingerprint density at radius 1 is 1.10 bits per heavy atom. The summed E-state index contributed by atoms with van der Waals surface area (Å²) in [7, 11) is 1.52. The van der Waals surface area contributed by atoms with Crippen LogP contribution in [0, 0.1) is 0 Å². The molecule has 0 atom stereocenters. The average molecular weight is 518 g/mol. The van der Waals surface area contributed by atoms with Crippen LogP contribution in [0.4, 0.5) is 5.69 Å². The summed E-state index contributed by atoms with van der Waals surface area (Å²) < 4.78 is 12.4. The van der Waals surface area contributed by atoms with Crippen LogP contribution in [0.5, 0.6) is 11.5 Å². The summed E-state index contributed by atoms with van der Waals surface area (Å²) >= 11 is 6.65. The van der Waals surface area contributed by atoms with E-state index in [2.05, 4.69) is 42.2 Å². The second kappa shape index (κ2) is 7.88. The van der Waals surface area contributed by atoms with Crippen LogP contribution < -0.4 is 10.1 Å². The lowest BCUT2D eigenvalue weighted by molar-refractivity contribution is 0.102. The number of nitrogens with one attached hydrogen (secondary N) is 1. The zero-order chi connectivity index (χ0) is 20.5. The highest BCUT2D eigenvalue weighted by Crippen LogP contribution is 2.32. The van der Waals surface area contributed by atoms with E-state index in [1.165, 1.54) is 7.11 Å². The number of fused-ring (bicyclic) bond motifs is 1. The van der Waals surface area contributed by atoms with E-state index in [4.69, 9.17) is 9.15 Å². The van der Waals surface area contributed by atoms with Crippen molar-refractivity contribution in [1.29, 1.82) is 0 Å². The first-order chi connectivity index (χ1) is 13.9. The van der Waals surface area contributed by atoms with Crippen molar-refractivity contribution in [2.75, 3.05) is 12.4 Å². The molecule has 4 aromatic rings. The van der Waals surface area contributed by atoms with Gasteiger partial charge in [0.2, 0.25) is 5.89 Å². The Morgan fingerprint density at radius 3 is 2.69 bits per heavy atom. The van der Waals surface area contributed by atoms with Gasteiger partial charge in [-0.3, -0.25) is 4.79 Å². The molecule has 3 aromatic carbocycles. The van der Waals surface area contributed by atoms with Crippen LogP contribution in [0.15, 0.2) is 68.0 Å². The molecule has 0 fully saturated rings. The maximum Gasteiger partial charge on any atom is 0.259 e. The van der Waals surface area contributed by atoms with Crippen molar-refractivity contribution in [3.8, 4) is 23.0 Å². The van der Waals surface area contributed by atoms with E-state index in [0.717, 1.165) is 10.0 Å². The molecule has 146 valence electrons. The zero-order valence-electron chi connectivity index (χ0n) is 15.1. The second-order valence-corrected chi connectivity index (χ2v) is 7.94. The maximum absolute atomic E-state index is 12.7. The second-order valence-electron chi connectivity index (χ2n) is 6.17. The van der Waals surface area contributed by atoms with Crippen LogP contribution in [0.25, 0.3) is 22.6 Å². The third-order valence-electron chi connectivity index (χ3n) is 4.25. The van der Waals surface area contributed by atoms with Gasteiger partial charge in [0.15, 0.2) is 5.58 Å². The molecule has 2 N–H and O–H groups in total. The minimum atomic E-state index is -0.298. The standard InChI is InChI=1S/C21H14Br2N2O4/c1-28-18-6-3-12(22)9-14(18)20(27)24-13-4-7-19-16(10-13)25-21(29-19)11-2-5-17(26)15(23)8-11/h2-10,26H,1H3,(H,24,27). The number of rotatable bonds is 4. The summed E-state index contributed by atoms with van der Waals surface area (Å²) in [6.45, 7) is 0. The highest BCUT2D eigenvalue weighted by atomic mass is 79.9. The molecule has 0 aliphatic heterocycles. The number of oxazole rings is 1. The SMILES string of the molecule is COc1ccc(Br)cc1C(=O)Nc1ccc2oc(-c3ccc(O)c(Br)c3)nc2c1. The number of aromatic nitrogens is 1. The topological polar surface area (TPSA) is 84.6 Å². The Kier molecular flexibility index (Phi) is 5.29. The predicted molar refractivity (Wildman–Crippen MR) is 117 cm³/mol. The molecule has 0 aliphatic rings. The zero-order valence-corrected chi connectivity index (χ0v) is 18.2. The summed E-state index contributed by atoms with van der Waals surface area (Å²) in [6.07, 6.45) is 0. The number of nitrogens with zero attached hydrogens (tertiary/aromatic N) is 1. The molecule has 1 amide bonds. The summed E-state index contributed by atoms with van der Waals surface area (Å²) in [4.78, 5) is 17.2. The molecule has 1 heterocycles. The minimum absolute atomic E-state index is 0.137. The third kappa shape index (κ3) is 3.99. The first kappa shape index (κ1) is 19.5. The molecule has 29 heavy (non-hydrogen) atoms. The largest absolute Gasteiger partial charge is 0.507 e. The minimum Gasteiger partial charge on any atom is -0.507 e. The fourth-order valence-corrected chi connectivity index (χ4v) is 3.56. The quantitative estimate of drug-likeness (QED) is 0.347. The lowest BCUT2D eigenvalue weighted by Crippen LogP contribution is -2.13. The molecule has 6 nitrogen and oxygen atoms in total. The number of carbonyl (C=O) groups is 1. The van der Waals surface area contributed by atoms with Crippen molar-refractivity contribution in [3.05, 3.63) is 69.1 Å². The van der Waals surface area contributed by atoms with Crippen molar-refractivity contribution in [1.82, 2.24) is 4.98 Å². The monoisotopic (exact) mass is 516 g/mol. The molecule has 0 saturated heterocycles. The Labute approximate surface area is 182 Å². The first-order valence-corrected chi connectivity index (χ1v) is 10.1. The number of phenols is 1. The Hall–Kier alpha value is -2.84. The normalized spacial score (nSPS) is 10.9. The fourth-order valence-electron chi connectivity index (χ4n) is 2.82. The first-order valence-electron chi connectivity index (χ1n) is 8.49. The van der Waals surface area contributed by atoms with Gasteiger partial charge >= 0.3 is 0 Å². The number of aromatic hydroxyl groups is 1. The van der Waals surface area contributed by atoms with Crippen LogP contribution in [0.3, 0.4) is 0 Å². The van der Waals surface area contributed by atoms with Gasteiger partial charge in [-0.15, -0.1) is 0 Å². The number of ether oxygens (including phenoxy) is 1. The van der Waals surface area contributed by atoms with E-state index in [0.29, 0.717) is 38.5 Å². The molecule has 0 saturated carbocycles. The number of phenolic OH excluding ortho intramolecular Hbond substituents is 1. The van der Waals surface area contributed by atoms with E-state index in [9.17, 15) is 9.90 Å². The number of hydrogen-bond acceptors (Lipinski definition) is 5. The Balaban J connectivity index is 1.63. The molecule has 0 aliphatic carbocycles. The smallest absolute Gasteiger partial charge is 0.259 e. The van der Waals surface area contributed by atoms with Crippen LogP contribution >= 0.6 is 31.9 Å². The summed E-state index contributed by atoms with van der Waals surface area (Å²) in [5.74, 6) is 0.734. The van der Waals surface area contributed by atoms with E-state index < -0.39 is 0 Å². The molecular formula is C21H14Br2N2O4. The number of amides is 1. The van der Waals surface area contributed by atoms with Gasteiger partial charge in [-0.2, -0.15) is 0 Å². The van der Waals surface area contributed by atoms with Crippen LogP contribution in [0.2, 0.25) is 0 Å². The number of carbonyl (C=O) groups excluding carboxylic acids is 1. The highest BCUT2D eigenvalue weighted by Gasteiger charge is 2.15. The van der Waals surface area contributed by atoms with Gasteiger partial charge in [-0.1, -0.05) is 15.9 Å². The number of anilines is 1. The maximum atomic E-state index is 12.7. The number of methoxy groups -OCH3 is 1. The Bertz CT molecular complexity index is 1240. The van der Waals surface area contributed by atoms with Crippen LogP contribution in [-0.4, -0.2) is 23.1 Å². The number of hydrogen-bond donors (Lipinski definition) is 2. The Morgan fingerprint density at radius 2 is 1.93 bits per heavy atom. The van der Waals surface area contributed by atoms with Crippen LogP contribution in [0.1, 0.15) is 10.4 Å². The van der Waals surface area contributed by atoms with E-state index in [1.807, 2.05) is 0 Å². The van der Waals surface area contributed by atoms with E-state index in [-0.39, 0.29) is 11.7 Å². The van der Waals surface area contributed by atoms with Gasteiger partial charge in [-0.05, 0) is 70.5 Å². The van der Waals surface area contributed by atoms with Gasteiger partial charge in [0.05, 0.1) is 17.1 Å². The lowest BCUT2D eigenvalue weighted by atomic mass is 10.2. The van der Waals surface area contributed by atoms with Crippen molar-refractivity contribution < 1.29 is 19.1 Å². The number of benzene rings is 3. The van der Waals surface area contributed by atoms with Crippen LogP contribution in [-0.2, 0) is 0 Å². The lowest BCUT2D eigenvalue weighted by Gasteiger charge is -2.09. The number of halogens is 2. The molecule has 0 spiro atoms. The molecule has 0 bridgehead atoms. The average Bonchev–Trinajstić information content (AvgIpc) is 3.13. The summed E-state index contributed by atoms with van der Waals surface area (Å²) in [5.41, 5.74) is 2.90. The van der Waals surface area contributed by atoms with Gasteiger partial charge in [0, 0.05) is 15.7 Å². The molecule has 1 aromatic heterocycles. The summed E-state index contributed by atoms with van der Waals surface area (Å²) in [6, 6.07) is 15.5. The van der Waals surface area contributed by atoms with Gasteiger partial charge in [-0.25, -0.2) is 4.98 Å². The molecule has 0 unspecified atom stereocenters. The predicted octanol–water partition coefficient (Wildman–Crippen LogP) is 5.99. The van der Waals surface area contributed by atoms with E-state index >= 15 is 0 Å². The molecule has 0 radical (unpaired) electrons. The van der Waals surface area contributed by atoms with Gasteiger partial charge in [0.1, 0.15) is 17.0 Å².